The summed E-state index contributed by atoms with van der Waals surface area (Å²) in [5.74, 6) is 0. The van der Waals surface area contributed by atoms with Gasteiger partial charge in [0.05, 0.1) is 4.92 Å². The van der Waals surface area contributed by atoms with E-state index in [-0.39, 0.29) is 17.3 Å². The van der Waals surface area contributed by atoms with E-state index in [0.717, 1.165) is 0 Å². The maximum absolute atomic E-state index is 10.9. The molecule has 0 aliphatic carbocycles. The Hall–Kier alpha value is -2.13. The van der Waals surface area contributed by atoms with Gasteiger partial charge in [0.1, 0.15) is 17.3 Å². The van der Waals surface area contributed by atoms with Crippen LogP contribution in [0.1, 0.15) is 5.56 Å². The van der Waals surface area contributed by atoms with Gasteiger partial charge in [-0.2, -0.15) is 5.26 Å². The van der Waals surface area contributed by atoms with Crippen molar-refractivity contribution in [3.8, 4) is 6.07 Å². The van der Waals surface area contributed by atoms with Crippen LogP contribution in [0.4, 0.5) is 11.4 Å². The van der Waals surface area contributed by atoms with Gasteiger partial charge in [-0.05, 0) is 12.1 Å². The Labute approximate surface area is 92.0 Å². The first-order valence-electron chi connectivity index (χ1n) is 4.81. The van der Waals surface area contributed by atoms with Crippen molar-refractivity contribution in [2.45, 2.75) is 6.04 Å². The van der Waals surface area contributed by atoms with E-state index in [4.69, 9.17) is 11.0 Å². The van der Waals surface area contributed by atoms with E-state index in [1.807, 2.05) is 11.0 Å². The second-order valence-corrected chi connectivity index (χ2v) is 3.71. The van der Waals surface area contributed by atoms with Gasteiger partial charge in [-0.25, -0.2) is 0 Å². The normalized spacial score (nSPS) is 15.4. The van der Waals surface area contributed by atoms with Crippen LogP contribution in [0.5, 0.6) is 0 Å². The van der Waals surface area contributed by atoms with E-state index < -0.39 is 4.92 Å². The lowest BCUT2D eigenvalue weighted by atomic mass is 10.1. The molecule has 1 aliphatic heterocycles. The molecule has 1 fully saturated rings. The molecule has 2 N–H and O–H groups in total. The predicted molar refractivity (Wildman–Crippen MR) is 58.0 cm³/mol. The van der Waals surface area contributed by atoms with Crippen LogP contribution in [-0.2, 0) is 0 Å². The fraction of sp³-hybridized carbons (Fsp3) is 0.300. The number of nitrogens with zero attached hydrogens (tertiary/aromatic N) is 3. The van der Waals surface area contributed by atoms with Crippen molar-refractivity contribution in [1.82, 2.24) is 0 Å². The molecule has 0 spiro atoms. The number of anilines is 1. The third kappa shape index (κ3) is 1.57. The number of hydrogen-bond acceptors (Lipinski definition) is 5. The molecule has 1 aliphatic rings. The minimum atomic E-state index is -0.516. The van der Waals surface area contributed by atoms with Crippen LogP contribution < -0.4 is 10.6 Å². The van der Waals surface area contributed by atoms with Crippen LogP contribution in [-0.4, -0.2) is 24.1 Å². The standard InChI is InChI=1S/C10H10N4O2/c11-4-7-2-1-3-9(10(7)14(15)16)13-5-8(12)6-13/h1-3,8H,5-6,12H2. The van der Waals surface area contributed by atoms with Crippen molar-refractivity contribution in [2.75, 3.05) is 18.0 Å². The van der Waals surface area contributed by atoms with Gasteiger partial charge in [-0.15, -0.1) is 0 Å². The van der Waals surface area contributed by atoms with E-state index in [9.17, 15) is 10.1 Å². The number of nitriles is 1. The minimum absolute atomic E-state index is 0.0605. The molecule has 6 heteroatoms. The number of nitrogens with two attached hydrogens (primary N) is 1. The molecule has 1 aromatic rings. The summed E-state index contributed by atoms with van der Waals surface area (Å²) in [6.07, 6.45) is 0. The Bertz CT molecular complexity index is 474. The van der Waals surface area contributed by atoms with Crippen molar-refractivity contribution in [1.29, 1.82) is 5.26 Å². The molecule has 0 atom stereocenters. The van der Waals surface area contributed by atoms with Crippen molar-refractivity contribution in [3.63, 3.8) is 0 Å². The van der Waals surface area contributed by atoms with Crippen LogP contribution >= 0.6 is 0 Å². The van der Waals surface area contributed by atoms with Gasteiger partial charge in [-0.3, -0.25) is 10.1 Å². The molecule has 0 saturated carbocycles. The highest BCUT2D eigenvalue weighted by Gasteiger charge is 2.30. The van der Waals surface area contributed by atoms with Gasteiger partial charge in [0.15, 0.2) is 0 Å². The molecule has 2 rings (SSSR count). The first-order chi connectivity index (χ1) is 7.63. The molecule has 1 saturated heterocycles. The highest BCUT2D eigenvalue weighted by Crippen LogP contribution is 2.33. The van der Waals surface area contributed by atoms with E-state index in [2.05, 4.69) is 0 Å². The molecule has 0 radical (unpaired) electrons. The third-order valence-electron chi connectivity index (χ3n) is 2.57. The van der Waals surface area contributed by atoms with Crippen molar-refractivity contribution < 1.29 is 4.92 Å². The van der Waals surface area contributed by atoms with E-state index in [1.54, 1.807) is 12.1 Å². The molecular formula is C10H10N4O2. The maximum Gasteiger partial charge on any atom is 0.310 e. The number of para-hydroxylation sites is 1. The summed E-state index contributed by atoms with van der Waals surface area (Å²) in [5, 5.41) is 19.7. The molecule has 0 aromatic heterocycles. The van der Waals surface area contributed by atoms with Crippen molar-refractivity contribution >= 4 is 11.4 Å². The fourth-order valence-corrected chi connectivity index (χ4v) is 1.78. The van der Waals surface area contributed by atoms with Crippen LogP contribution in [0.25, 0.3) is 0 Å². The monoisotopic (exact) mass is 218 g/mol. The SMILES string of the molecule is N#Cc1cccc(N2CC(N)C2)c1[N+](=O)[O-]. The molecule has 1 aromatic carbocycles. The molecule has 1 heterocycles. The Morgan fingerprint density at radius 3 is 2.75 bits per heavy atom. The summed E-state index contributed by atoms with van der Waals surface area (Å²) < 4.78 is 0. The predicted octanol–water partition coefficient (Wildman–Crippen LogP) is 0.614. The highest BCUT2D eigenvalue weighted by atomic mass is 16.6. The lowest BCUT2D eigenvalue weighted by Gasteiger charge is -2.38. The number of nitro groups is 1. The van der Waals surface area contributed by atoms with Crippen LogP contribution in [0.15, 0.2) is 18.2 Å². The second kappa shape index (κ2) is 3.79. The molecule has 0 bridgehead atoms. The van der Waals surface area contributed by atoms with Crippen molar-refractivity contribution in [3.05, 3.63) is 33.9 Å². The first-order valence-corrected chi connectivity index (χ1v) is 4.81. The average Bonchev–Trinajstić information content (AvgIpc) is 2.23. The number of nitro benzene ring substituents is 1. The van der Waals surface area contributed by atoms with Crippen LogP contribution in [0.3, 0.4) is 0 Å². The molecule has 16 heavy (non-hydrogen) atoms. The number of rotatable bonds is 2. The van der Waals surface area contributed by atoms with Crippen molar-refractivity contribution in [2.24, 2.45) is 5.73 Å². The molecular weight excluding hydrogens is 208 g/mol. The van der Waals surface area contributed by atoms with Gasteiger partial charge in [0.25, 0.3) is 0 Å². The summed E-state index contributed by atoms with van der Waals surface area (Å²) in [5.41, 5.74) is 6.06. The summed E-state index contributed by atoms with van der Waals surface area (Å²) in [6, 6.07) is 6.63. The molecule has 82 valence electrons. The zero-order chi connectivity index (χ0) is 11.7. The van der Waals surface area contributed by atoms with Crippen LogP contribution in [0, 0.1) is 21.4 Å². The Balaban J connectivity index is 2.45. The largest absolute Gasteiger partial charge is 0.363 e. The van der Waals surface area contributed by atoms with Gasteiger partial charge >= 0.3 is 5.69 Å². The smallest absolute Gasteiger partial charge is 0.310 e. The third-order valence-corrected chi connectivity index (χ3v) is 2.57. The Morgan fingerprint density at radius 1 is 1.56 bits per heavy atom. The lowest BCUT2D eigenvalue weighted by molar-refractivity contribution is -0.384. The van der Waals surface area contributed by atoms with E-state index in [0.29, 0.717) is 18.8 Å². The molecule has 0 amide bonds. The number of benzene rings is 1. The van der Waals surface area contributed by atoms with Gasteiger partial charge < -0.3 is 10.6 Å². The fourth-order valence-electron chi connectivity index (χ4n) is 1.78. The van der Waals surface area contributed by atoms with E-state index >= 15 is 0 Å². The molecule has 6 nitrogen and oxygen atoms in total. The van der Waals surface area contributed by atoms with Gasteiger partial charge in [0, 0.05) is 19.1 Å². The topological polar surface area (TPSA) is 96.2 Å². The zero-order valence-electron chi connectivity index (χ0n) is 8.46. The first kappa shape index (κ1) is 10.4. The maximum atomic E-state index is 10.9. The highest BCUT2D eigenvalue weighted by molar-refractivity contribution is 5.70. The quantitative estimate of drug-likeness (QED) is 0.579. The Morgan fingerprint density at radius 2 is 2.25 bits per heavy atom. The minimum Gasteiger partial charge on any atom is -0.363 e. The lowest BCUT2D eigenvalue weighted by Crippen LogP contribution is -2.56. The zero-order valence-corrected chi connectivity index (χ0v) is 8.46. The van der Waals surface area contributed by atoms with Gasteiger partial charge in [-0.1, -0.05) is 6.07 Å². The average molecular weight is 218 g/mol. The van der Waals surface area contributed by atoms with E-state index in [1.165, 1.54) is 6.07 Å². The molecule has 0 unspecified atom stereocenters. The Kier molecular flexibility index (Phi) is 2.46. The second-order valence-electron chi connectivity index (χ2n) is 3.71. The van der Waals surface area contributed by atoms with Gasteiger partial charge in [0.2, 0.25) is 0 Å². The summed E-state index contributed by atoms with van der Waals surface area (Å²) in [6.45, 7) is 1.19. The summed E-state index contributed by atoms with van der Waals surface area (Å²) in [7, 11) is 0. The summed E-state index contributed by atoms with van der Waals surface area (Å²) >= 11 is 0. The van der Waals surface area contributed by atoms with Crippen LogP contribution in [0.2, 0.25) is 0 Å². The number of hydrogen-bond donors (Lipinski definition) is 1. The summed E-state index contributed by atoms with van der Waals surface area (Å²) in [4.78, 5) is 12.2.